The zero-order valence-electron chi connectivity index (χ0n) is 19.5. The van der Waals surface area contributed by atoms with Crippen LogP contribution >= 0.6 is 11.3 Å². The van der Waals surface area contributed by atoms with Crippen LogP contribution in [0.4, 0.5) is 28.5 Å². The van der Waals surface area contributed by atoms with Crippen LogP contribution in [0.5, 0.6) is 5.75 Å². The van der Waals surface area contributed by atoms with Crippen LogP contribution in [0.15, 0.2) is 36.4 Å². The van der Waals surface area contributed by atoms with Crippen LogP contribution < -0.4 is 15.0 Å². The number of rotatable bonds is 9. The Balaban J connectivity index is 1.22. The van der Waals surface area contributed by atoms with E-state index in [-0.39, 0.29) is 24.0 Å². The predicted octanol–water partition coefficient (Wildman–Crippen LogP) is 3.62. The number of halogens is 4. The van der Waals surface area contributed by atoms with Crippen molar-refractivity contribution < 1.29 is 27.1 Å². The molecule has 0 radical (unpaired) electrons. The van der Waals surface area contributed by atoms with Crippen molar-refractivity contribution in [2.75, 3.05) is 36.4 Å². The minimum absolute atomic E-state index is 0.00678. The van der Waals surface area contributed by atoms with E-state index in [1.54, 1.807) is 12.1 Å². The van der Waals surface area contributed by atoms with E-state index < -0.39 is 18.4 Å². The number of aromatic nitrogens is 4. The third-order valence-electron chi connectivity index (χ3n) is 6.22. The van der Waals surface area contributed by atoms with Gasteiger partial charge in [0.15, 0.2) is 11.6 Å². The van der Waals surface area contributed by atoms with Gasteiger partial charge in [-0.05, 0) is 42.7 Å². The molecule has 0 saturated carbocycles. The topological polar surface area (TPSA) is 96.4 Å². The number of likely N-dealkylation sites (tertiary alicyclic amines) is 1. The van der Waals surface area contributed by atoms with Crippen LogP contribution in [0.1, 0.15) is 29.5 Å². The maximum Gasteiger partial charge on any atom is 0.573 e. The number of carbonyl (C=O) groups excluding carboxylic acids is 1. The highest BCUT2D eigenvalue weighted by Gasteiger charge is 2.34. The molecule has 2 aliphatic heterocycles. The summed E-state index contributed by atoms with van der Waals surface area (Å²) < 4.78 is 55.1. The highest BCUT2D eigenvalue weighted by atomic mass is 32.1. The van der Waals surface area contributed by atoms with Crippen LogP contribution in [0, 0.1) is 5.95 Å². The monoisotopic (exact) mass is 537 g/mol. The summed E-state index contributed by atoms with van der Waals surface area (Å²) in [4.78, 5) is 17.2. The van der Waals surface area contributed by atoms with E-state index in [0.29, 0.717) is 41.2 Å². The Labute approximate surface area is 213 Å². The number of ether oxygens (including phenoxy) is 1. The average Bonchev–Trinajstić information content (AvgIpc) is 3.45. The second kappa shape index (κ2) is 10.5. The molecular weight excluding hydrogens is 514 g/mol. The number of benzene rings is 1. The van der Waals surface area contributed by atoms with Gasteiger partial charge < -0.3 is 15.0 Å². The van der Waals surface area contributed by atoms with Crippen LogP contribution in [0.25, 0.3) is 0 Å². The number of anilines is 2. The fourth-order valence-electron chi connectivity index (χ4n) is 4.45. The summed E-state index contributed by atoms with van der Waals surface area (Å²) in [7, 11) is 0. The van der Waals surface area contributed by atoms with E-state index in [1.807, 2.05) is 9.80 Å². The fourth-order valence-corrected chi connectivity index (χ4v) is 5.27. The van der Waals surface area contributed by atoms with Crippen molar-refractivity contribution in [2.45, 2.75) is 37.7 Å². The molecule has 1 N–H and O–H groups in total. The molecular formula is C23H23F4N7O2S. The Morgan fingerprint density at radius 1 is 1.14 bits per heavy atom. The summed E-state index contributed by atoms with van der Waals surface area (Å²) in [6, 6.07) is 7.78. The number of carbonyl (C=O) groups is 1. The van der Waals surface area contributed by atoms with Gasteiger partial charge in [0.2, 0.25) is 11.1 Å². The van der Waals surface area contributed by atoms with Crippen LogP contribution in [-0.2, 0) is 11.2 Å². The Hall–Kier alpha value is -3.39. The second-order valence-electron chi connectivity index (χ2n) is 8.85. The predicted molar refractivity (Wildman–Crippen MR) is 127 cm³/mol. The van der Waals surface area contributed by atoms with E-state index in [0.717, 1.165) is 19.4 Å². The SMILES string of the molecule is O=C(Cc1nnc(N[C@@H]2CCN(c3ccc(F)nn3)C2)s1)[C@H](c1cccc(OC(F)(F)F)c1)N1CCC1. The maximum atomic E-state index is 13.3. The lowest BCUT2D eigenvalue weighted by Gasteiger charge is -2.37. The maximum absolute atomic E-state index is 13.3. The van der Waals surface area contributed by atoms with Crippen molar-refractivity contribution in [1.82, 2.24) is 25.3 Å². The van der Waals surface area contributed by atoms with Crippen LogP contribution in [0.2, 0.25) is 0 Å². The quantitative estimate of drug-likeness (QED) is 0.411. The lowest BCUT2D eigenvalue weighted by molar-refractivity contribution is -0.274. The van der Waals surface area contributed by atoms with Gasteiger partial charge in [-0.1, -0.05) is 23.5 Å². The average molecular weight is 538 g/mol. The first-order chi connectivity index (χ1) is 17.7. The zero-order chi connectivity index (χ0) is 26.0. The minimum atomic E-state index is -4.81. The Bertz CT molecular complexity index is 1240. The molecule has 0 spiro atoms. The summed E-state index contributed by atoms with van der Waals surface area (Å²) in [6.07, 6.45) is -3.09. The van der Waals surface area contributed by atoms with Crippen molar-refractivity contribution in [3.63, 3.8) is 0 Å². The van der Waals surface area contributed by atoms with E-state index in [2.05, 4.69) is 30.4 Å². The van der Waals surface area contributed by atoms with Gasteiger partial charge in [-0.2, -0.15) is 4.39 Å². The molecule has 2 atom stereocenters. The fraction of sp³-hybridized carbons (Fsp3) is 0.435. The smallest absolute Gasteiger partial charge is 0.406 e. The molecule has 0 bridgehead atoms. The first kappa shape index (κ1) is 25.3. The van der Waals surface area contributed by atoms with E-state index in [9.17, 15) is 22.4 Å². The van der Waals surface area contributed by atoms with Crippen molar-refractivity contribution >= 4 is 28.1 Å². The number of hydrogen-bond acceptors (Lipinski definition) is 10. The Morgan fingerprint density at radius 2 is 1.97 bits per heavy atom. The largest absolute Gasteiger partial charge is 0.573 e. The number of nitrogens with zero attached hydrogens (tertiary/aromatic N) is 6. The van der Waals surface area contributed by atoms with Gasteiger partial charge in [0, 0.05) is 32.2 Å². The molecule has 2 aliphatic rings. The summed E-state index contributed by atoms with van der Waals surface area (Å²) in [6.45, 7) is 2.71. The second-order valence-corrected chi connectivity index (χ2v) is 9.91. The van der Waals surface area contributed by atoms with Crippen LogP contribution in [-0.4, -0.2) is 69.7 Å². The number of nitrogens with one attached hydrogen (secondary N) is 1. The molecule has 2 aromatic heterocycles. The summed E-state index contributed by atoms with van der Waals surface area (Å²) >= 11 is 1.27. The van der Waals surface area contributed by atoms with Gasteiger partial charge in [-0.3, -0.25) is 9.69 Å². The summed E-state index contributed by atoms with van der Waals surface area (Å²) in [5, 5.41) is 20.0. The number of ketones is 1. The molecule has 3 aromatic rings. The van der Waals surface area contributed by atoms with Crippen molar-refractivity contribution in [2.24, 2.45) is 0 Å². The number of alkyl halides is 3. The lowest BCUT2D eigenvalue weighted by Crippen LogP contribution is -2.44. The lowest BCUT2D eigenvalue weighted by atomic mass is 9.96. The Kier molecular flexibility index (Phi) is 7.20. The van der Waals surface area contributed by atoms with Crippen molar-refractivity contribution in [3.8, 4) is 5.75 Å². The van der Waals surface area contributed by atoms with Gasteiger partial charge in [0.25, 0.3) is 0 Å². The molecule has 0 aliphatic carbocycles. The third kappa shape index (κ3) is 6.31. The minimum Gasteiger partial charge on any atom is -0.406 e. The van der Waals surface area contributed by atoms with Gasteiger partial charge in [-0.25, -0.2) is 0 Å². The Morgan fingerprint density at radius 3 is 2.68 bits per heavy atom. The van der Waals surface area contributed by atoms with E-state index in [1.165, 1.54) is 35.6 Å². The van der Waals surface area contributed by atoms with Crippen molar-refractivity contribution in [1.29, 1.82) is 0 Å². The van der Waals surface area contributed by atoms with Gasteiger partial charge in [0.05, 0.1) is 12.5 Å². The van der Waals surface area contributed by atoms with Crippen LogP contribution in [0.3, 0.4) is 0 Å². The zero-order valence-corrected chi connectivity index (χ0v) is 20.3. The molecule has 37 heavy (non-hydrogen) atoms. The number of hydrogen-bond donors (Lipinski definition) is 1. The molecule has 9 nitrogen and oxygen atoms in total. The van der Waals surface area contributed by atoms with E-state index >= 15 is 0 Å². The molecule has 14 heteroatoms. The molecule has 2 fully saturated rings. The van der Waals surface area contributed by atoms with E-state index in [4.69, 9.17) is 0 Å². The molecule has 4 heterocycles. The summed E-state index contributed by atoms with van der Waals surface area (Å²) in [5.41, 5.74) is 0.448. The molecule has 196 valence electrons. The first-order valence-electron chi connectivity index (χ1n) is 11.7. The summed E-state index contributed by atoms with van der Waals surface area (Å²) in [5.74, 6) is -0.570. The van der Waals surface area contributed by atoms with Crippen molar-refractivity contribution in [3.05, 3.63) is 52.9 Å². The molecule has 2 saturated heterocycles. The normalized spacial score (nSPS) is 18.9. The molecule has 0 unspecified atom stereocenters. The number of Topliss-reactive ketones (excluding diaryl/α,β-unsaturated/α-hetero) is 1. The van der Waals surface area contributed by atoms with Gasteiger partial charge in [0.1, 0.15) is 10.8 Å². The highest BCUT2D eigenvalue weighted by Crippen LogP contribution is 2.32. The van der Waals surface area contributed by atoms with Gasteiger partial charge in [-0.15, -0.1) is 33.6 Å². The molecule has 1 aromatic carbocycles. The highest BCUT2D eigenvalue weighted by molar-refractivity contribution is 7.15. The molecule has 0 amide bonds. The molecule has 5 rings (SSSR count). The standard InChI is InChI=1S/C23H23F4N7O2S/c24-18-5-6-19(30-29-18)34-10-7-15(13-34)28-22-32-31-20(37-22)12-17(35)21(33-8-2-9-33)14-3-1-4-16(11-14)36-23(25,26)27/h1,3-6,11,15,21H,2,7-10,12-13H2,(H,28,32)/t15-,21+/m1/s1. The third-order valence-corrected chi connectivity index (χ3v) is 7.07. The first-order valence-corrected chi connectivity index (χ1v) is 12.5. The van der Waals surface area contributed by atoms with Gasteiger partial charge >= 0.3 is 6.36 Å².